The summed E-state index contributed by atoms with van der Waals surface area (Å²) in [5, 5.41) is 2.80. The second kappa shape index (κ2) is 6.28. The number of hydrogen-bond acceptors (Lipinski definition) is 3. The largest absolute Gasteiger partial charge is 0.496 e. The number of carbonyl (C=O) groups is 1. The number of carbonyl (C=O) groups excluding carboxylic acids is 1. The van der Waals surface area contributed by atoms with E-state index in [4.69, 9.17) is 10.5 Å². The second-order valence-electron chi connectivity index (χ2n) is 4.00. The Bertz CT molecular complexity index is 660. The van der Waals surface area contributed by atoms with Gasteiger partial charge in [-0.2, -0.15) is 0 Å². The first-order valence-electron chi connectivity index (χ1n) is 5.72. The van der Waals surface area contributed by atoms with E-state index in [-0.39, 0.29) is 5.91 Å². The molecule has 0 aliphatic rings. The molecule has 0 saturated heterocycles. The number of hydrogen-bond donors (Lipinski definition) is 2. The zero-order valence-electron chi connectivity index (χ0n) is 10.6. The molecule has 6 heteroatoms. The van der Waals surface area contributed by atoms with Gasteiger partial charge in [0.15, 0.2) is 0 Å². The van der Waals surface area contributed by atoms with Crippen LogP contribution in [0.5, 0.6) is 5.75 Å². The van der Waals surface area contributed by atoms with Crippen LogP contribution in [-0.2, 0) is 0 Å². The van der Waals surface area contributed by atoms with E-state index in [1.54, 1.807) is 24.3 Å². The summed E-state index contributed by atoms with van der Waals surface area (Å²) in [5.74, 6) is 0.124. The van der Waals surface area contributed by atoms with Crippen LogP contribution >= 0.6 is 31.9 Å². The van der Waals surface area contributed by atoms with Crippen molar-refractivity contribution in [3.8, 4) is 5.75 Å². The third kappa shape index (κ3) is 3.13. The second-order valence-corrected chi connectivity index (χ2v) is 5.77. The molecule has 0 aliphatic carbocycles. The van der Waals surface area contributed by atoms with Crippen LogP contribution in [-0.4, -0.2) is 13.0 Å². The molecule has 0 unspecified atom stereocenters. The lowest BCUT2D eigenvalue weighted by molar-refractivity contribution is 0.102. The Morgan fingerprint density at radius 2 is 2.00 bits per heavy atom. The summed E-state index contributed by atoms with van der Waals surface area (Å²) < 4.78 is 6.86. The first kappa shape index (κ1) is 14.9. The molecule has 0 aromatic heterocycles. The minimum absolute atomic E-state index is 0.317. The van der Waals surface area contributed by atoms with E-state index in [0.717, 1.165) is 8.95 Å². The number of nitrogens with one attached hydrogen (secondary N) is 1. The molecule has 2 aromatic rings. The van der Waals surface area contributed by atoms with E-state index in [1.165, 1.54) is 7.11 Å². The summed E-state index contributed by atoms with van der Waals surface area (Å²) in [6.45, 7) is 0. The van der Waals surface area contributed by atoms with E-state index >= 15 is 0 Å². The highest BCUT2D eigenvalue weighted by Gasteiger charge is 2.16. The predicted molar refractivity (Wildman–Crippen MR) is 87.2 cm³/mol. The lowest BCUT2D eigenvalue weighted by atomic mass is 10.1. The van der Waals surface area contributed by atoms with Crippen LogP contribution in [0.4, 0.5) is 11.4 Å². The molecule has 0 aliphatic heterocycles. The SMILES string of the molecule is COc1cccc(N)c1C(=O)Nc1ccc(Br)cc1Br. The molecule has 4 nitrogen and oxygen atoms in total. The van der Waals surface area contributed by atoms with E-state index in [9.17, 15) is 4.79 Å². The zero-order chi connectivity index (χ0) is 14.7. The standard InChI is InChI=1S/C14H12Br2N2O2/c1-20-12-4-2-3-10(17)13(12)14(19)18-11-6-5-8(15)7-9(11)16/h2-7H,17H2,1H3,(H,18,19). The molecule has 0 fully saturated rings. The van der Waals surface area contributed by atoms with Gasteiger partial charge in [-0.25, -0.2) is 0 Å². The molecule has 1 amide bonds. The van der Waals surface area contributed by atoms with Gasteiger partial charge in [-0.3, -0.25) is 4.79 Å². The van der Waals surface area contributed by atoms with Crippen molar-refractivity contribution >= 4 is 49.1 Å². The molecule has 0 saturated carbocycles. The number of ether oxygens (including phenoxy) is 1. The summed E-state index contributed by atoms with van der Waals surface area (Å²) in [6.07, 6.45) is 0. The third-order valence-electron chi connectivity index (χ3n) is 2.68. The van der Waals surface area contributed by atoms with Crippen molar-refractivity contribution in [2.24, 2.45) is 0 Å². The summed E-state index contributed by atoms with van der Waals surface area (Å²) in [5.41, 5.74) is 7.20. The average molecular weight is 400 g/mol. The van der Waals surface area contributed by atoms with Gasteiger partial charge in [0.05, 0.1) is 12.8 Å². The van der Waals surface area contributed by atoms with Gasteiger partial charge in [-0.15, -0.1) is 0 Å². The highest BCUT2D eigenvalue weighted by atomic mass is 79.9. The van der Waals surface area contributed by atoms with Crippen molar-refractivity contribution in [2.75, 3.05) is 18.2 Å². The molecule has 104 valence electrons. The van der Waals surface area contributed by atoms with Crippen molar-refractivity contribution in [3.63, 3.8) is 0 Å². The van der Waals surface area contributed by atoms with E-state index in [2.05, 4.69) is 37.2 Å². The van der Waals surface area contributed by atoms with Crippen LogP contribution < -0.4 is 15.8 Å². The number of amides is 1. The van der Waals surface area contributed by atoms with Crippen LogP contribution in [0, 0.1) is 0 Å². The number of benzene rings is 2. The van der Waals surface area contributed by atoms with Gasteiger partial charge in [-0.1, -0.05) is 22.0 Å². The molecule has 20 heavy (non-hydrogen) atoms. The molecule has 2 rings (SSSR count). The van der Waals surface area contributed by atoms with Gasteiger partial charge in [0.25, 0.3) is 5.91 Å². The minimum Gasteiger partial charge on any atom is -0.496 e. The third-order valence-corrected chi connectivity index (χ3v) is 3.83. The fourth-order valence-electron chi connectivity index (χ4n) is 1.74. The fourth-order valence-corrected chi connectivity index (χ4v) is 2.88. The van der Waals surface area contributed by atoms with E-state index < -0.39 is 0 Å². The Labute approximate surface area is 133 Å². The van der Waals surface area contributed by atoms with E-state index in [1.807, 2.05) is 12.1 Å². The quantitative estimate of drug-likeness (QED) is 0.765. The van der Waals surface area contributed by atoms with Gasteiger partial charge in [0, 0.05) is 14.6 Å². The maximum atomic E-state index is 12.3. The maximum Gasteiger partial charge on any atom is 0.261 e. The Kier molecular flexibility index (Phi) is 4.67. The first-order chi connectivity index (χ1) is 9.52. The van der Waals surface area contributed by atoms with Crippen LogP contribution in [0.2, 0.25) is 0 Å². The van der Waals surface area contributed by atoms with E-state index in [0.29, 0.717) is 22.7 Å². The number of methoxy groups -OCH3 is 1. The molecular weight excluding hydrogens is 388 g/mol. The summed E-state index contributed by atoms with van der Waals surface area (Å²) >= 11 is 6.75. The molecule has 0 heterocycles. The Morgan fingerprint density at radius 1 is 1.25 bits per heavy atom. The van der Waals surface area contributed by atoms with Crippen molar-refractivity contribution in [1.82, 2.24) is 0 Å². The minimum atomic E-state index is -0.317. The molecule has 2 aromatic carbocycles. The van der Waals surface area contributed by atoms with Crippen LogP contribution in [0.15, 0.2) is 45.3 Å². The lowest BCUT2D eigenvalue weighted by Crippen LogP contribution is -2.15. The number of halogens is 2. The molecule has 0 atom stereocenters. The fraction of sp³-hybridized carbons (Fsp3) is 0.0714. The summed E-state index contributed by atoms with van der Waals surface area (Å²) in [7, 11) is 1.50. The normalized spacial score (nSPS) is 10.2. The molecule has 0 radical (unpaired) electrons. The highest BCUT2D eigenvalue weighted by Crippen LogP contribution is 2.29. The number of anilines is 2. The monoisotopic (exact) mass is 398 g/mol. The number of rotatable bonds is 3. The van der Waals surface area contributed by atoms with Gasteiger partial charge >= 0.3 is 0 Å². The summed E-state index contributed by atoms with van der Waals surface area (Å²) in [6, 6.07) is 10.6. The lowest BCUT2D eigenvalue weighted by Gasteiger charge is -2.12. The Balaban J connectivity index is 2.33. The molecule has 3 N–H and O–H groups in total. The average Bonchev–Trinajstić information content (AvgIpc) is 2.41. The number of nitrogen functional groups attached to an aromatic ring is 1. The van der Waals surface area contributed by atoms with Gasteiger partial charge in [-0.05, 0) is 46.3 Å². The molecule has 0 bridgehead atoms. The smallest absolute Gasteiger partial charge is 0.261 e. The predicted octanol–water partition coefficient (Wildman–Crippen LogP) is 4.05. The Hall–Kier alpha value is -1.53. The summed E-state index contributed by atoms with van der Waals surface area (Å²) in [4.78, 5) is 12.3. The number of nitrogens with two attached hydrogens (primary N) is 1. The van der Waals surface area contributed by atoms with Crippen molar-refractivity contribution in [2.45, 2.75) is 0 Å². The topological polar surface area (TPSA) is 64.3 Å². The van der Waals surface area contributed by atoms with Crippen molar-refractivity contribution < 1.29 is 9.53 Å². The van der Waals surface area contributed by atoms with Crippen LogP contribution in [0.1, 0.15) is 10.4 Å². The van der Waals surface area contributed by atoms with Crippen LogP contribution in [0.3, 0.4) is 0 Å². The van der Waals surface area contributed by atoms with Gasteiger partial charge in [0.1, 0.15) is 11.3 Å². The highest BCUT2D eigenvalue weighted by molar-refractivity contribution is 9.11. The molecular formula is C14H12Br2N2O2. The Morgan fingerprint density at radius 3 is 2.65 bits per heavy atom. The maximum absolute atomic E-state index is 12.3. The zero-order valence-corrected chi connectivity index (χ0v) is 13.8. The van der Waals surface area contributed by atoms with Crippen molar-refractivity contribution in [1.29, 1.82) is 0 Å². The van der Waals surface area contributed by atoms with Crippen molar-refractivity contribution in [3.05, 3.63) is 50.9 Å². The molecule has 0 spiro atoms. The van der Waals surface area contributed by atoms with Gasteiger partial charge in [0.2, 0.25) is 0 Å². The van der Waals surface area contributed by atoms with Gasteiger partial charge < -0.3 is 15.8 Å². The first-order valence-corrected chi connectivity index (χ1v) is 7.30. The van der Waals surface area contributed by atoms with Crippen LogP contribution in [0.25, 0.3) is 0 Å².